The van der Waals surface area contributed by atoms with Gasteiger partial charge in [0.2, 0.25) is 0 Å². The summed E-state index contributed by atoms with van der Waals surface area (Å²) in [4.78, 5) is 2.38. The van der Waals surface area contributed by atoms with E-state index in [1.807, 2.05) is 27.0 Å². The summed E-state index contributed by atoms with van der Waals surface area (Å²) >= 11 is 0. The number of rotatable bonds is 6. The summed E-state index contributed by atoms with van der Waals surface area (Å²) in [6.45, 7) is 13.6. The zero-order chi connectivity index (χ0) is 17.2. The number of aromatic nitrogens is 2. The van der Waals surface area contributed by atoms with Crippen LogP contribution < -0.4 is 4.72 Å². The van der Waals surface area contributed by atoms with Crippen LogP contribution in [0.25, 0.3) is 0 Å². The molecule has 1 unspecified atom stereocenters. The molecule has 2 rings (SSSR count). The molecule has 0 saturated carbocycles. The van der Waals surface area contributed by atoms with Crippen molar-refractivity contribution in [2.24, 2.45) is 11.8 Å². The summed E-state index contributed by atoms with van der Waals surface area (Å²) < 4.78 is 17.5. The van der Waals surface area contributed by atoms with Gasteiger partial charge >= 0.3 is 0 Å². The van der Waals surface area contributed by atoms with E-state index in [0.29, 0.717) is 11.8 Å². The van der Waals surface area contributed by atoms with Crippen molar-refractivity contribution in [3.63, 3.8) is 0 Å². The van der Waals surface area contributed by atoms with Gasteiger partial charge in [-0.05, 0) is 52.6 Å². The molecule has 0 bridgehead atoms. The number of nitrogens with one attached hydrogen (secondary N) is 1. The molecular weight excluding hydrogens is 308 g/mol. The fourth-order valence-electron chi connectivity index (χ4n) is 2.96. The summed E-state index contributed by atoms with van der Waals surface area (Å²) in [5, 5.41) is 4.54. The molecule has 0 spiro atoms. The van der Waals surface area contributed by atoms with E-state index < -0.39 is 11.0 Å². The van der Waals surface area contributed by atoms with Crippen LogP contribution in [0.5, 0.6) is 0 Å². The molecule has 5 nitrogen and oxygen atoms in total. The predicted molar refractivity (Wildman–Crippen MR) is 96.4 cm³/mol. The van der Waals surface area contributed by atoms with E-state index in [9.17, 15) is 4.21 Å². The number of hydrogen-bond acceptors (Lipinski definition) is 3. The molecule has 1 aliphatic rings. The second kappa shape index (κ2) is 7.45. The Morgan fingerprint density at radius 3 is 2.65 bits per heavy atom. The fraction of sp³-hybridized carbons (Fsp3) is 0.824. The lowest BCUT2D eigenvalue weighted by Crippen LogP contribution is -2.37. The van der Waals surface area contributed by atoms with E-state index in [4.69, 9.17) is 0 Å². The van der Waals surface area contributed by atoms with Gasteiger partial charge in [0, 0.05) is 30.9 Å². The Labute approximate surface area is 143 Å². The van der Waals surface area contributed by atoms with Crippen LogP contribution in [0.1, 0.15) is 52.6 Å². The van der Waals surface area contributed by atoms with Crippen molar-refractivity contribution in [2.45, 2.75) is 58.4 Å². The van der Waals surface area contributed by atoms with Crippen LogP contribution in [0.4, 0.5) is 0 Å². The largest absolute Gasteiger partial charge is 0.306 e. The Balaban J connectivity index is 2.04. The van der Waals surface area contributed by atoms with E-state index in [1.165, 1.54) is 13.0 Å². The van der Waals surface area contributed by atoms with Gasteiger partial charge in [0.05, 0.1) is 21.9 Å². The number of likely N-dealkylation sites (tertiary alicyclic amines) is 1. The van der Waals surface area contributed by atoms with Gasteiger partial charge in [-0.15, -0.1) is 0 Å². The van der Waals surface area contributed by atoms with Gasteiger partial charge in [0.1, 0.15) is 0 Å². The van der Waals surface area contributed by atoms with Crippen LogP contribution >= 0.6 is 0 Å². The van der Waals surface area contributed by atoms with Gasteiger partial charge in [-0.2, -0.15) is 5.10 Å². The first-order valence-corrected chi connectivity index (χ1v) is 9.70. The van der Waals surface area contributed by atoms with Crippen molar-refractivity contribution in [3.8, 4) is 0 Å². The highest BCUT2D eigenvalue weighted by atomic mass is 32.2. The minimum Gasteiger partial charge on any atom is -0.306 e. The molecule has 0 radical (unpaired) electrons. The van der Waals surface area contributed by atoms with Gasteiger partial charge in [-0.3, -0.25) is 4.68 Å². The Kier molecular flexibility index (Phi) is 6.03. The average molecular weight is 341 g/mol. The van der Waals surface area contributed by atoms with E-state index in [1.54, 1.807) is 0 Å². The zero-order valence-electron chi connectivity index (χ0n) is 15.4. The van der Waals surface area contributed by atoms with Crippen LogP contribution in [-0.2, 0) is 17.5 Å². The fourth-order valence-corrected chi connectivity index (χ4v) is 3.95. The first kappa shape index (κ1) is 18.6. The zero-order valence-corrected chi connectivity index (χ0v) is 16.2. The molecule has 1 N–H and O–H groups in total. The van der Waals surface area contributed by atoms with Crippen molar-refractivity contribution in [3.05, 3.63) is 18.0 Å². The minimum atomic E-state index is -1.08. The predicted octanol–water partition coefficient (Wildman–Crippen LogP) is 2.58. The van der Waals surface area contributed by atoms with Crippen molar-refractivity contribution in [2.75, 3.05) is 20.1 Å². The van der Waals surface area contributed by atoms with Crippen LogP contribution in [0.3, 0.4) is 0 Å². The maximum absolute atomic E-state index is 12.4. The highest BCUT2D eigenvalue weighted by molar-refractivity contribution is 7.84. The Bertz CT molecular complexity index is 535. The summed E-state index contributed by atoms with van der Waals surface area (Å²) in [5.74, 6) is 1.04. The molecular formula is C17H32N4OS. The van der Waals surface area contributed by atoms with Gasteiger partial charge in [0.15, 0.2) is 0 Å². The number of nitrogens with zero attached hydrogens (tertiary/aromatic N) is 3. The monoisotopic (exact) mass is 340 g/mol. The normalized spacial score (nSPS) is 22.7. The maximum atomic E-state index is 12.4. The van der Waals surface area contributed by atoms with Crippen molar-refractivity contribution in [1.82, 2.24) is 19.4 Å². The SMILES string of the molecule is CC(C)[C@H](NS(=O)C(C)(C)C)c1cnn(C[C@H]2CCN(C)C2)c1. The Morgan fingerprint density at radius 1 is 1.43 bits per heavy atom. The molecule has 1 fully saturated rings. The third kappa shape index (κ3) is 5.13. The van der Waals surface area contributed by atoms with Crippen molar-refractivity contribution in [1.29, 1.82) is 0 Å². The molecule has 6 heteroatoms. The highest BCUT2D eigenvalue weighted by Crippen LogP contribution is 2.24. The lowest BCUT2D eigenvalue weighted by molar-refractivity contribution is 0.370. The lowest BCUT2D eigenvalue weighted by Gasteiger charge is -2.26. The molecule has 1 saturated heterocycles. The smallest absolute Gasteiger partial charge is 0.0976 e. The Morgan fingerprint density at radius 2 is 2.13 bits per heavy atom. The maximum Gasteiger partial charge on any atom is 0.0976 e. The third-order valence-corrected chi connectivity index (χ3v) is 5.98. The molecule has 0 aliphatic carbocycles. The third-order valence-electron chi connectivity index (χ3n) is 4.40. The Hall–Kier alpha value is -0.720. The highest BCUT2D eigenvalue weighted by Gasteiger charge is 2.26. The van der Waals surface area contributed by atoms with Gasteiger partial charge < -0.3 is 4.90 Å². The quantitative estimate of drug-likeness (QED) is 0.866. The first-order chi connectivity index (χ1) is 10.7. The molecule has 2 heterocycles. The second-order valence-corrected chi connectivity index (χ2v) is 10.1. The van der Waals surface area contributed by atoms with E-state index in [0.717, 1.165) is 18.7 Å². The van der Waals surface area contributed by atoms with Crippen LogP contribution in [0, 0.1) is 11.8 Å². The molecule has 132 valence electrons. The van der Waals surface area contributed by atoms with Crippen LogP contribution in [0.2, 0.25) is 0 Å². The standard InChI is InChI=1S/C17H32N4OS/c1-13(2)16(19-23(22)17(3,4)5)15-9-18-21(12-15)11-14-7-8-20(6)10-14/h9,12-14,16,19H,7-8,10-11H2,1-6H3/t14-,16-,23?/m0/s1. The van der Waals surface area contributed by atoms with Crippen molar-refractivity contribution >= 4 is 11.0 Å². The van der Waals surface area contributed by atoms with E-state index in [2.05, 4.69) is 46.5 Å². The second-order valence-electron chi connectivity index (χ2n) is 8.13. The summed E-state index contributed by atoms with van der Waals surface area (Å²) in [6, 6.07) is 0.0649. The van der Waals surface area contributed by atoms with E-state index >= 15 is 0 Å². The lowest BCUT2D eigenvalue weighted by atomic mass is 10.0. The van der Waals surface area contributed by atoms with Crippen LogP contribution in [0.15, 0.2) is 12.4 Å². The summed E-state index contributed by atoms with van der Waals surface area (Å²) in [7, 11) is 1.09. The molecule has 0 aromatic carbocycles. The van der Waals surface area contributed by atoms with Gasteiger partial charge in [-0.25, -0.2) is 8.93 Å². The molecule has 0 amide bonds. The molecule has 23 heavy (non-hydrogen) atoms. The topological polar surface area (TPSA) is 50.2 Å². The average Bonchev–Trinajstić information content (AvgIpc) is 3.04. The first-order valence-electron chi connectivity index (χ1n) is 8.55. The molecule has 1 aliphatic heterocycles. The molecule has 3 atom stereocenters. The number of hydrogen-bond donors (Lipinski definition) is 1. The summed E-state index contributed by atoms with van der Waals surface area (Å²) in [5.41, 5.74) is 1.13. The van der Waals surface area contributed by atoms with Crippen LogP contribution in [-0.4, -0.2) is 43.8 Å². The molecule has 1 aromatic rings. The van der Waals surface area contributed by atoms with Gasteiger partial charge in [0.25, 0.3) is 0 Å². The minimum absolute atomic E-state index is 0.0649. The van der Waals surface area contributed by atoms with E-state index in [-0.39, 0.29) is 10.8 Å². The molecule has 1 aromatic heterocycles. The van der Waals surface area contributed by atoms with Gasteiger partial charge in [-0.1, -0.05) is 13.8 Å². The van der Waals surface area contributed by atoms with Crippen molar-refractivity contribution < 1.29 is 4.21 Å². The summed E-state index contributed by atoms with van der Waals surface area (Å²) in [6.07, 6.45) is 5.29.